The summed E-state index contributed by atoms with van der Waals surface area (Å²) in [6.07, 6.45) is 2.31. The molecule has 11 heteroatoms. The molecule has 2 aliphatic heterocycles. The molecule has 2 aromatic rings. The molecule has 2 N–H and O–H groups in total. The molecular weight excluding hydrogens is 661 g/mol. The van der Waals surface area contributed by atoms with Gasteiger partial charge < -0.3 is 29.1 Å². The van der Waals surface area contributed by atoms with Gasteiger partial charge in [0.1, 0.15) is 6.10 Å². The monoisotopic (exact) mass is 707 g/mol. The molecule has 2 bridgehead atoms. The topological polar surface area (TPSA) is 94.1 Å². The van der Waals surface area contributed by atoms with Gasteiger partial charge in [-0.1, -0.05) is 87.0 Å². The molecule has 7 atom stereocenters. The van der Waals surface area contributed by atoms with Gasteiger partial charge in [0.25, 0.3) is 5.91 Å². The first-order chi connectivity index (χ1) is 24.3. The summed E-state index contributed by atoms with van der Waals surface area (Å²) in [5.74, 6) is -3.76. The molecule has 51 heavy (non-hydrogen) atoms. The molecule has 7 rings (SSSR count). The van der Waals surface area contributed by atoms with Crippen molar-refractivity contribution in [3.8, 4) is 0 Å². The van der Waals surface area contributed by atoms with Crippen molar-refractivity contribution in [3.05, 3.63) is 101 Å². The van der Waals surface area contributed by atoms with Crippen LogP contribution >= 0.6 is 0 Å². The lowest BCUT2D eigenvalue weighted by atomic mass is 9.50. The number of rotatable bonds is 10. The molecule has 272 valence electrons. The lowest BCUT2D eigenvalue weighted by Gasteiger charge is -2.63. The summed E-state index contributed by atoms with van der Waals surface area (Å²) in [5.41, 5.74) is 0.998. The number of piperidine rings is 1. The Kier molecular flexibility index (Phi) is 9.11. The maximum atomic E-state index is 13.9. The van der Waals surface area contributed by atoms with E-state index in [0.29, 0.717) is 12.0 Å². The van der Waals surface area contributed by atoms with E-state index in [-0.39, 0.29) is 23.0 Å². The highest BCUT2D eigenvalue weighted by molar-refractivity contribution is 5.98. The van der Waals surface area contributed by atoms with Gasteiger partial charge in [-0.3, -0.25) is 9.59 Å². The van der Waals surface area contributed by atoms with E-state index >= 15 is 0 Å². The van der Waals surface area contributed by atoms with E-state index in [1.54, 1.807) is 6.07 Å². The van der Waals surface area contributed by atoms with Gasteiger partial charge in [0.15, 0.2) is 5.76 Å². The van der Waals surface area contributed by atoms with E-state index in [2.05, 4.69) is 48.2 Å². The van der Waals surface area contributed by atoms with Crippen molar-refractivity contribution in [3.63, 3.8) is 0 Å². The summed E-state index contributed by atoms with van der Waals surface area (Å²) in [6.45, 7) is 8.78. The number of likely N-dealkylation sites (tertiary alicyclic amines) is 1. The molecule has 1 saturated carbocycles. The van der Waals surface area contributed by atoms with Gasteiger partial charge >= 0.3 is 12.3 Å². The fraction of sp³-hybridized carbons (Fsp3) is 0.500. The second-order valence-electron chi connectivity index (χ2n) is 15.3. The number of nitrogens with one attached hydrogen (secondary N) is 1. The van der Waals surface area contributed by atoms with Gasteiger partial charge in [0.05, 0.1) is 31.8 Å². The van der Waals surface area contributed by atoms with Crippen molar-refractivity contribution in [2.24, 2.45) is 17.3 Å². The van der Waals surface area contributed by atoms with Crippen LogP contribution in [0.3, 0.4) is 0 Å². The van der Waals surface area contributed by atoms with Gasteiger partial charge in [-0.2, -0.15) is 0 Å². The van der Waals surface area contributed by atoms with Crippen molar-refractivity contribution >= 4 is 17.6 Å². The van der Waals surface area contributed by atoms with Gasteiger partial charge in [-0.15, -0.1) is 13.2 Å². The average molecular weight is 708 g/mol. The largest absolute Gasteiger partial charge is 0.573 e. The number of aliphatic hydroxyl groups excluding tert-OH is 1. The van der Waals surface area contributed by atoms with Crippen LogP contribution in [0, 0.1) is 17.3 Å². The lowest BCUT2D eigenvalue weighted by Crippen LogP contribution is -2.71. The summed E-state index contributed by atoms with van der Waals surface area (Å²) in [4.78, 5) is 26.6. The summed E-state index contributed by atoms with van der Waals surface area (Å²) in [5, 5.41) is 13.5. The number of carbonyl (C=O) groups is 2. The van der Waals surface area contributed by atoms with Crippen LogP contribution in [0.15, 0.2) is 89.7 Å². The molecule has 5 aliphatic rings. The summed E-state index contributed by atoms with van der Waals surface area (Å²) in [7, 11) is 0. The zero-order valence-electron chi connectivity index (χ0n) is 29.2. The number of nitrogens with zero attached hydrogens (tertiary/aromatic N) is 1. The normalized spacial score (nSPS) is 32.6. The number of esters is 1. The van der Waals surface area contributed by atoms with E-state index in [1.165, 1.54) is 42.8 Å². The van der Waals surface area contributed by atoms with Gasteiger partial charge in [0.2, 0.25) is 11.5 Å². The third kappa shape index (κ3) is 6.26. The van der Waals surface area contributed by atoms with E-state index < -0.39 is 41.6 Å². The number of quaternary nitrogens is 1. The molecule has 3 fully saturated rings. The number of aliphatic hydroxyl groups is 1. The maximum Gasteiger partial charge on any atom is 0.573 e. The van der Waals surface area contributed by atoms with Gasteiger partial charge in [-0.05, 0) is 35.6 Å². The Labute approximate surface area is 296 Å². The first kappa shape index (κ1) is 35.3. The molecule has 3 aliphatic carbocycles. The zero-order valence-corrected chi connectivity index (χ0v) is 29.2. The number of allylic oxidation sites excluding steroid dienone is 1. The smallest absolute Gasteiger partial charge is 0.504 e. The first-order valence-corrected chi connectivity index (χ1v) is 18.0. The minimum atomic E-state index is -5.30. The lowest BCUT2D eigenvalue weighted by molar-refractivity contribution is -0.965. The third-order valence-electron chi connectivity index (χ3n) is 11.8. The number of amides is 1. The molecule has 8 nitrogen and oxygen atoms in total. The van der Waals surface area contributed by atoms with E-state index in [0.717, 1.165) is 73.8 Å². The van der Waals surface area contributed by atoms with Crippen molar-refractivity contribution in [2.75, 3.05) is 19.6 Å². The summed E-state index contributed by atoms with van der Waals surface area (Å²) >= 11 is 0. The predicted molar refractivity (Wildman–Crippen MR) is 183 cm³/mol. The van der Waals surface area contributed by atoms with Crippen LogP contribution in [0.5, 0.6) is 0 Å². The maximum absolute atomic E-state index is 13.9. The molecular formula is C40H46F3N2O6+. The Morgan fingerprint density at radius 1 is 1.08 bits per heavy atom. The highest BCUT2D eigenvalue weighted by atomic mass is 19.4. The zero-order chi connectivity index (χ0) is 36.2. The van der Waals surface area contributed by atoms with Crippen LogP contribution in [0.4, 0.5) is 13.2 Å². The third-order valence-corrected chi connectivity index (χ3v) is 11.8. The Morgan fingerprint density at radius 2 is 1.78 bits per heavy atom. The van der Waals surface area contributed by atoms with Crippen LogP contribution in [0.2, 0.25) is 0 Å². The SMILES string of the molecule is CC(=O)OC1(NC(=O)C(OC(F)(F)F)=C(O)c2ccccc2)C=CC2=C3C1O[C@H]1CCC[C@H]4[C@@H](C2)[N+](CCc2ccccc2)(CC(C)C)CC[C@]314. The number of hydrogen-bond donors (Lipinski definition) is 2. The Hall–Kier alpha value is -4.09. The number of carbonyl (C=O) groups excluding carboxylic acids is 2. The van der Waals surface area contributed by atoms with Crippen LogP contribution in [0.25, 0.3) is 5.76 Å². The minimum absolute atomic E-state index is 0.0571. The molecule has 2 heterocycles. The van der Waals surface area contributed by atoms with Crippen molar-refractivity contribution in [1.29, 1.82) is 0 Å². The first-order valence-electron chi connectivity index (χ1n) is 18.0. The molecule has 0 radical (unpaired) electrons. The second kappa shape index (κ2) is 13.2. The van der Waals surface area contributed by atoms with Crippen LogP contribution in [0.1, 0.15) is 64.0 Å². The molecule has 2 aromatic carbocycles. The van der Waals surface area contributed by atoms with Crippen molar-refractivity contribution < 1.29 is 46.6 Å². The summed E-state index contributed by atoms with van der Waals surface area (Å²) < 4.78 is 59.0. The van der Waals surface area contributed by atoms with Gasteiger partial charge in [-0.25, -0.2) is 0 Å². The second-order valence-corrected chi connectivity index (χ2v) is 15.3. The molecule has 1 amide bonds. The number of hydrogen-bond acceptors (Lipinski definition) is 6. The Morgan fingerprint density at radius 3 is 2.45 bits per heavy atom. The average Bonchev–Trinajstić information content (AvgIpc) is 3.44. The minimum Gasteiger partial charge on any atom is -0.504 e. The van der Waals surface area contributed by atoms with E-state index in [9.17, 15) is 27.9 Å². The van der Waals surface area contributed by atoms with Crippen molar-refractivity contribution in [2.45, 2.75) is 89.6 Å². The predicted octanol–water partition coefficient (Wildman–Crippen LogP) is 7.14. The standard InChI is InChI=1S/C40H45F3N2O6/c1-25(2)24-45(21-18-27-11-6-4-7-12-27)22-20-38-30-15-10-16-32(38)49-36-33(38)29(23-31(30)45)17-19-39(36,50-26(3)46)44-37(48)35(51-40(41,42)43)34(47)28-13-8-5-9-14-28/h4-9,11-14,17,19,25,30-32,36H,10,15-16,18,20-24H2,1-3H3,(H-,44,47,48)/p+1/t30-,31+,32-,36?,38+,39?,45?/m0/s1. The van der Waals surface area contributed by atoms with Gasteiger partial charge in [0, 0.05) is 49.0 Å². The van der Waals surface area contributed by atoms with E-state index in [1.807, 2.05) is 12.1 Å². The molecule has 0 aromatic heterocycles. The van der Waals surface area contributed by atoms with E-state index in [4.69, 9.17) is 9.47 Å². The fourth-order valence-electron chi connectivity index (χ4n) is 10.3. The highest BCUT2D eigenvalue weighted by Gasteiger charge is 2.72. The molecule has 2 saturated heterocycles. The Balaban J connectivity index is 1.28. The highest BCUT2D eigenvalue weighted by Crippen LogP contribution is 2.67. The van der Waals surface area contributed by atoms with Crippen LogP contribution < -0.4 is 5.32 Å². The molecule has 1 spiro atoms. The van der Waals surface area contributed by atoms with Crippen LogP contribution in [-0.2, 0) is 30.2 Å². The Bertz CT molecular complexity index is 1760. The summed E-state index contributed by atoms with van der Waals surface area (Å²) in [6, 6.07) is 18.3. The number of alkyl halides is 3. The quantitative estimate of drug-likeness (QED) is 0.0898. The molecule has 3 unspecified atom stereocenters. The number of halogens is 3. The van der Waals surface area contributed by atoms with Crippen molar-refractivity contribution in [1.82, 2.24) is 5.32 Å². The number of ether oxygens (including phenoxy) is 3. The van der Waals surface area contributed by atoms with Crippen LogP contribution in [-0.4, -0.2) is 71.4 Å². The number of benzene rings is 2. The fourth-order valence-corrected chi connectivity index (χ4v) is 10.3.